The molecule has 0 bridgehead atoms. The lowest BCUT2D eigenvalue weighted by molar-refractivity contribution is -0.333. The Morgan fingerprint density at radius 2 is 1.19 bits per heavy atom. The first-order chi connectivity index (χ1) is 11.2. The van der Waals surface area contributed by atoms with Gasteiger partial charge in [0.05, 0.1) is 25.2 Å². The van der Waals surface area contributed by atoms with E-state index >= 15 is 0 Å². The average molecular weight is 400 g/mol. The molecule has 0 aromatic carbocycles. The van der Waals surface area contributed by atoms with Crippen LogP contribution in [0.25, 0.3) is 0 Å². The van der Waals surface area contributed by atoms with Gasteiger partial charge in [0, 0.05) is 12.4 Å². The van der Waals surface area contributed by atoms with Crippen molar-refractivity contribution in [1.29, 1.82) is 0 Å². The van der Waals surface area contributed by atoms with E-state index in [0.717, 1.165) is 0 Å². The van der Waals surface area contributed by atoms with E-state index in [0.29, 0.717) is 0 Å². The number of rotatable bonds is 11. The van der Waals surface area contributed by atoms with E-state index in [1.807, 2.05) is 0 Å². The van der Waals surface area contributed by atoms with Gasteiger partial charge >= 0.3 is 23.9 Å². The Labute approximate surface area is 149 Å². The van der Waals surface area contributed by atoms with Crippen LogP contribution in [0.5, 0.6) is 0 Å². The van der Waals surface area contributed by atoms with Gasteiger partial charge in [-0.3, -0.25) is 14.4 Å². The molecular weight excluding hydrogens is 384 g/mol. The van der Waals surface area contributed by atoms with Crippen LogP contribution in [0.2, 0.25) is 0 Å². The average Bonchev–Trinajstić information content (AvgIpc) is 2.34. The Bertz CT molecular complexity index is 592. The molecule has 0 radical (unpaired) electrons. The van der Waals surface area contributed by atoms with Gasteiger partial charge < -0.3 is 55.9 Å². The van der Waals surface area contributed by atoms with Crippen molar-refractivity contribution < 1.29 is 75.1 Å². The number of ether oxygens (including phenoxy) is 1. The normalized spacial score (nSPS) is 12.3. The summed E-state index contributed by atoms with van der Waals surface area (Å²) in [5.74, 6) is -12.3. The van der Waals surface area contributed by atoms with Gasteiger partial charge in [-0.2, -0.15) is 0 Å². The van der Waals surface area contributed by atoms with Crippen LogP contribution in [0, 0.1) is 0 Å². The van der Waals surface area contributed by atoms with Crippen LogP contribution in [-0.2, 0) is 33.5 Å². The number of hydrogen-bond donors (Lipinski definition) is 4. The zero-order valence-electron chi connectivity index (χ0n) is 13.3. The second-order valence-corrected chi connectivity index (χ2v) is 4.96. The maximum absolute atomic E-state index is 11.7. The van der Waals surface area contributed by atoms with Crippen LogP contribution < -0.4 is 10.2 Å². The highest BCUT2D eigenvalue weighted by atomic mass is 16.6. The van der Waals surface area contributed by atoms with Crippen LogP contribution >= 0.6 is 0 Å². The fourth-order valence-corrected chi connectivity index (χ4v) is 1.76. The summed E-state index contributed by atoms with van der Waals surface area (Å²) in [6, 6.07) is 0. The molecule has 0 saturated carbocycles. The first kappa shape index (κ1) is 28.5. The van der Waals surface area contributed by atoms with Crippen molar-refractivity contribution in [2.24, 2.45) is 0 Å². The molecule has 156 valence electrons. The van der Waals surface area contributed by atoms with Crippen LogP contribution in [0.4, 0.5) is 0 Å². The molecule has 0 fully saturated rings. The Hall–Kier alpha value is -3.30. The van der Waals surface area contributed by atoms with Crippen molar-refractivity contribution in [2.45, 2.75) is 36.9 Å². The quantitative estimate of drug-likeness (QED) is 0.235. The zero-order valence-corrected chi connectivity index (χ0v) is 13.3. The molecule has 0 saturated heterocycles. The molecule has 0 amide bonds. The standard InChI is InChI=1S/C12H14O13.2H2O/c13-5(14)1-11(24,9(20)21)4-8(19)25-12(10(22)23,2-6(15)16)3-7(17)18;;/h24H,1-4H2,(H,13,14)(H,15,16)(H,17,18)(H,20,21)(H,22,23);2*1H2/p-2. The molecule has 0 heterocycles. The zero-order chi connectivity index (χ0) is 20.0. The van der Waals surface area contributed by atoms with E-state index < -0.39 is 72.7 Å². The highest BCUT2D eigenvalue weighted by molar-refractivity contribution is 5.92. The number of carboxylic acid groups (broad SMARTS) is 5. The molecule has 0 aromatic heterocycles. The molecule has 0 rings (SSSR count). The topological polar surface area (TPSA) is 302 Å². The van der Waals surface area contributed by atoms with Crippen molar-refractivity contribution in [3.63, 3.8) is 0 Å². The van der Waals surface area contributed by atoms with E-state index in [2.05, 4.69) is 4.74 Å². The van der Waals surface area contributed by atoms with Crippen molar-refractivity contribution in [3.8, 4) is 0 Å². The van der Waals surface area contributed by atoms with E-state index in [-0.39, 0.29) is 11.0 Å². The molecule has 0 aliphatic carbocycles. The van der Waals surface area contributed by atoms with Gasteiger partial charge in [-0.05, 0) is 0 Å². The summed E-state index contributed by atoms with van der Waals surface area (Å²) in [7, 11) is 0. The van der Waals surface area contributed by atoms with Gasteiger partial charge in [-0.1, -0.05) is 0 Å². The summed E-state index contributed by atoms with van der Waals surface area (Å²) in [4.78, 5) is 65.6. The summed E-state index contributed by atoms with van der Waals surface area (Å²) in [6.07, 6.45) is -6.27. The Kier molecular flexibility index (Phi) is 11.2. The predicted octanol–water partition coefficient (Wildman–Crippen LogP) is -6.34. The Morgan fingerprint density at radius 1 is 0.778 bits per heavy atom. The highest BCUT2D eigenvalue weighted by Gasteiger charge is 2.48. The van der Waals surface area contributed by atoms with Gasteiger partial charge in [0.2, 0.25) is 5.60 Å². The van der Waals surface area contributed by atoms with Crippen molar-refractivity contribution >= 4 is 35.8 Å². The second-order valence-electron chi connectivity index (χ2n) is 4.96. The lowest BCUT2D eigenvalue weighted by atomic mass is 9.93. The van der Waals surface area contributed by atoms with Gasteiger partial charge in [0.25, 0.3) is 0 Å². The number of aliphatic carboxylic acids is 5. The summed E-state index contributed by atoms with van der Waals surface area (Å²) in [6.45, 7) is 0. The molecule has 0 aliphatic rings. The lowest BCUT2D eigenvalue weighted by Crippen LogP contribution is -2.54. The van der Waals surface area contributed by atoms with Crippen LogP contribution in [0.15, 0.2) is 0 Å². The number of esters is 1. The fourth-order valence-electron chi connectivity index (χ4n) is 1.76. The molecule has 0 spiro atoms. The van der Waals surface area contributed by atoms with E-state index in [9.17, 15) is 44.1 Å². The molecule has 1 unspecified atom stereocenters. The summed E-state index contributed by atoms with van der Waals surface area (Å²) in [5, 5.41) is 57.1. The largest absolute Gasteiger partial charge is 0.550 e. The molecule has 15 heteroatoms. The van der Waals surface area contributed by atoms with Crippen LogP contribution in [-0.4, -0.2) is 78.4 Å². The molecule has 27 heavy (non-hydrogen) atoms. The SMILES string of the molecule is O.O.O=C([O-])CC(O)(CC(=O)OC(CC(=O)O)(CC(=O)O)C(=O)O)C(=O)[O-]. The Balaban J connectivity index is -0.00000288. The minimum Gasteiger partial charge on any atom is -0.550 e. The third-order valence-electron chi connectivity index (χ3n) is 2.83. The number of hydrogen-bond acceptors (Lipinski definition) is 10. The number of carbonyl (C=O) groups is 6. The van der Waals surface area contributed by atoms with Gasteiger partial charge in [-0.15, -0.1) is 0 Å². The molecule has 1 atom stereocenters. The van der Waals surface area contributed by atoms with Crippen molar-refractivity contribution in [1.82, 2.24) is 0 Å². The van der Waals surface area contributed by atoms with E-state index in [4.69, 9.17) is 15.3 Å². The van der Waals surface area contributed by atoms with Crippen LogP contribution in [0.1, 0.15) is 25.7 Å². The first-order valence-corrected chi connectivity index (χ1v) is 6.26. The number of carbonyl (C=O) groups excluding carboxylic acids is 3. The number of aliphatic hydroxyl groups is 1. The third kappa shape index (κ3) is 8.56. The summed E-state index contributed by atoms with van der Waals surface area (Å²) >= 11 is 0. The predicted molar refractivity (Wildman–Crippen MR) is 72.4 cm³/mol. The highest BCUT2D eigenvalue weighted by Crippen LogP contribution is 2.25. The van der Waals surface area contributed by atoms with Crippen molar-refractivity contribution in [2.75, 3.05) is 0 Å². The third-order valence-corrected chi connectivity index (χ3v) is 2.83. The van der Waals surface area contributed by atoms with Gasteiger partial charge in [0.15, 0.2) is 0 Å². The smallest absolute Gasteiger partial charge is 0.349 e. The first-order valence-electron chi connectivity index (χ1n) is 6.26. The van der Waals surface area contributed by atoms with E-state index in [1.165, 1.54) is 0 Å². The summed E-state index contributed by atoms with van der Waals surface area (Å²) < 4.78 is 4.28. The monoisotopic (exact) mass is 400 g/mol. The van der Waals surface area contributed by atoms with Crippen LogP contribution in [0.3, 0.4) is 0 Å². The van der Waals surface area contributed by atoms with E-state index in [1.54, 1.807) is 0 Å². The molecule has 15 nitrogen and oxygen atoms in total. The lowest BCUT2D eigenvalue weighted by Gasteiger charge is -2.31. The minimum atomic E-state index is -3.34. The maximum atomic E-state index is 11.7. The fraction of sp³-hybridized carbons (Fsp3) is 0.500. The number of carboxylic acids is 5. The molecule has 8 N–H and O–H groups in total. The summed E-state index contributed by atoms with van der Waals surface area (Å²) in [5.41, 5.74) is -6.45. The second kappa shape index (κ2) is 10.6. The molecular formula is C12H16O15-2. The van der Waals surface area contributed by atoms with Gasteiger partial charge in [0.1, 0.15) is 5.60 Å². The molecule has 0 aromatic rings. The minimum absolute atomic E-state index is 0. The Morgan fingerprint density at radius 3 is 1.44 bits per heavy atom. The molecule has 0 aliphatic heterocycles. The van der Waals surface area contributed by atoms with Crippen molar-refractivity contribution in [3.05, 3.63) is 0 Å². The van der Waals surface area contributed by atoms with Gasteiger partial charge in [-0.25, -0.2) is 4.79 Å². The maximum Gasteiger partial charge on any atom is 0.349 e.